The standard InChI is InChI=1S/C33H34N4O4/c1-23(34)31(40)36-29(32(41)35-28-19-17-24(22-38)18-20-28)21-30(39)37-33(25-11-5-2-6-12-25,26-13-7-3-8-14-26)27-15-9-4-10-16-27/h2-20,23,29,38H,21-22,34H2,1H3,(H,35,41)(H,36,40)(H,37,39)/t23-,29-/m0/s1. The predicted molar refractivity (Wildman–Crippen MR) is 159 cm³/mol. The maximum atomic E-state index is 13.9. The van der Waals surface area contributed by atoms with E-state index in [-0.39, 0.29) is 13.0 Å². The molecule has 2 atom stereocenters. The molecule has 0 bridgehead atoms. The van der Waals surface area contributed by atoms with Gasteiger partial charge in [-0.1, -0.05) is 103 Å². The molecule has 0 aromatic heterocycles. The summed E-state index contributed by atoms with van der Waals surface area (Å²) >= 11 is 0. The van der Waals surface area contributed by atoms with Crippen molar-refractivity contribution < 1.29 is 19.5 Å². The summed E-state index contributed by atoms with van der Waals surface area (Å²) in [6.07, 6.45) is -0.340. The molecule has 4 aromatic rings. The van der Waals surface area contributed by atoms with Gasteiger partial charge in [0.15, 0.2) is 0 Å². The summed E-state index contributed by atoms with van der Waals surface area (Å²) in [4.78, 5) is 39.8. The Morgan fingerprint density at radius 1 is 0.732 bits per heavy atom. The third kappa shape index (κ3) is 7.05. The van der Waals surface area contributed by atoms with Gasteiger partial charge in [0.05, 0.1) is 19.1 Å². The maximum absolute atomic E-state index is 13.9. The number of aliphatic hydroxyl groups is 1. The van der Waals surface area contributed by atoms with Crippen LogP contribution in [0.5, 0.6) is 0 Å². The second kappa shape index (κ2) is 13.5. The molecule has 8 heteroatoms. The lowest BCUT2D eigenvalue weighted by molar-refractivity contribution is -0.130. The van der Waals surface area contributed by atoms with E-state index in [0.29, 0.717) is 11.3 Å². The number of hydrogen-bond donors (Lipinski definition) is 5. The molecule has 4 rings (SSSR count). The van der Waals surface area contributed by atoms with Gasteiger partial charge < -0.3 is 26.8 Å². The van der Waals surface area contributed by atoms with Crippen molar-refractivity contribution in [2.24, 2.45) is 5.73 Å². The summed E-state index contributed by atoms with van der Waals surface area (Å²) in [5, 5.41) is 17.9. The van der Waals surface area contributed by atoms with E-state index in [1.165, 1.54) is 6.92 Å². The SMILES string of the molecule is C[C@H](N)C(=O)N[C@@H](CC(=O)NC(c1ccccc1)(c1ccccc1)c1ccccc1)C(=O)Nc1ccc(CO)cc1. The summed E-state index contributed by atoms with van der Waals surface area (Å²) in [5.41, 5.74) is 8.31. The number of rotatable bonds is 11. The Morgan fingerprint density at radius 3 is 1.61 bits per heavy atom. The van der Waals surface area contributed by atoms with E-state index in [0.717, 1.165) is 16.7 Å². The number of nitrogens with two attached hydrogens (primary N) is 1. The lowest BCUT2D eigenvalue weighted by Crippen LogP contribution is -2.53. The minimum absolute atomic E-state index is 0.131. The molecule has 4 aromatic carbocycles. The van der Waals surface area contributed by atoms with E-state index in [9.17, 15) is 19.5 Å². The van der Waals surface area contributed by atoms with E-state index < -0.39 is 35.3 Å². The number of amides is 3. The van der Waals surface area contributed by atoms with E-state index in [1.54, 1.807) is 24.3 Å². The highest BCUT2D eigenvalue weighted by molar-refractivity contribution is 6.00. The fraction of sp³-hybridized carbons (Fsp3) is 0.182. The minimum atomic E-state index is -1.20. The molecule has 0 radical (unpaired) electrons. The van der Waals surface area contributed by atoms with Crippen LogP contribution < -0.4 is 21.7 Å². The second-order valence-electron chi connectivity index (χ2n) is 9.79. The molecule has 0 aliphatic rings. The van der Waals surface area contributed by atoms with E-state index in [2.05, 4.69) is 16.0 Å². The highest BCUT2D eigenvalue weighted by Gasteiger charge is 2.39. The Morgan fingerprint density at radius 2 is 1.20 bits per heavy atom. The molecule has 0 aliphatic heterocycles. The van der Waals surface area contributed by atoms with Crippen LogP contribution in [0.3, 0.4) is 0 Å². The van der Waals surface area contributed by atoms with Crippen LogP contribution in [-0.2, 0) is 26.5 Å². The maximum Gasteiger partial charge on any atom is 0.247 e. The molecule has 0 saturated carbocycles. The van der Waals surface area contributed by atoms with Crippen molar-refractivity contribution >= 4 is 23.4 Å². The van der Waals surface area contributed by atoms with Crippen molar-refractivity contribution in [1.29, 1.82) is 0 Å². The zero-order chi connectivity index (χ0) is 29.2. The molecule has 0 fully saturated rings. The van der Waals surface area contributed by atoms with Gasteiger partial charge in [0, 0.05) is 5.69 Å². The van der Waals surface area contributed by atoms with Crippen LogP contribution in [0.2, 0.25) is 0 Å². The fourth-order valence-corrected chi connectivity index (χ4v) is 4.66. The van der Waals surface area contributed by atoms with E-state index in [1.807, 2.05) is 91.0 Å². The lowest BCUT2D eigenvalue weighted by Gasteiger charge is -2.37. The number of hydrogen-bond acceptors (Lipinski definition) is 5. The lowest BCUT2D eigenvalue weighted by atomic mass is 9.77. The van der Waals surface area contributed by atoms with Gasteiger partial charge in [-0.25, -0.2) is 0 Å². The van der Waals surface area contributed by atoms with Crippen LogP contribution in [-0.4, -0.2) is 34.9 Å². The third-order valence-electron chi connectivity index (χ3n) is 6.79. The van der Waals surface area contributed by atoms with Crippen LogP contribution in [0.4, 0.5) is 5.69 Å². The van der Waals surface area contributed by atoms with Crippen molar-refractivity contribution in [3.05, 3.63) is 138 Å². The summed E-state index contributed by atoms with van der Waals surface area (Å²) in [6, 6.07) is 33.3. The molecule has 0 heterocycles. The van der Waals surface area contributed by atoms with Crippen molar-refractivity contribution in [2.45, 2.75) is 37.6 Å². The Kier molecular flexibility index (Phi) is 9.63. The number of benzene rings is 4. The molecule has 0 aliphatic carbocycles. The first kappa shape index (κ1) is 29.2. The van der Waals surface area contributed by atoms with Gasteiger partial charge in [0.25, 0.3) is 0 Å². The topological polar surface area (TPSA) is 134 Å². The van der Waals surface area contributed by atoms with Crippen molar-refractivity contribution in [2.75, 3.05) is 5.32 Å². The number of anilines is 1. The normalized spacial score (nSPS) is 12.6. The number of carbonyl (C=O) groups excluding carboxylic acids is 3. The first-order valence-corrected chi connectivity index (χ1v) is 13.4. The smallest absolute Gasteiger partial charge is 0.247 e. The molecule has 0 spiro atoms. The largest absolute Gasteiger partial charge is 0.392 e. The quantitative estimate of drug-likeness (QED) is 0.183. The average Bonchev–Trinajstić information content (AvgIpc) is 3.01. The Labute approximate surface area is 239 Å². The average molecular weight is 551 g/mol. The highest BCUT2D eigenvalue weighted by Crippen LogP contribution is 2.36. The minimum Gasteiger partial charge on any atom is -0.392 e. The molecular formula is C33H34N4O4. The summed E-state index contributed by atoms with van der Waals surface area (Å²) in [7, 11) is 0. The predicted octanol–water partition coefficient (Wildman–Crippen LogP) is 3.45. The summed E-state index contributed by atoms with van der Waals surface area (Å²) < 4.78 is 0. The molecular weight excluding hydrogens is 516 g/mol. The van der Waals surface area contributed by atoms with Crippen molar-refractivity contribution in [1.82, 2.24) is 10.6 Å². The number of carbonyl (C=O) groups is 3. The van der Waals surface area contributed by atoms with Gasteiger partial charge in [-0.3, -0.25) is 14.4 Å². The van der Waals surface area contributed by atoms with Gasteiger partial charge in [-0.2, -0.15) is 0 Å². The molecule has 0 saturated heterocycles. The first-order valence-electron chi connectivity index (χ1n) is 13.4. The van der Waals surface area contributed by atoms with Crippen molar-refractivity contribution in [3.63, 3.8) is 0 Å². The van der Waals surface area contributed by atoms with E-state index in [4.69, 9.17) is 5.73 Å². The van der Waals surface area contributed by atoms with Crippen LogP contribution in [0.25, 0.3) is 0 Å². The van der Waals surface area contributed by atoms with Gasteiger partial charge in [0.1, 0.15) is 11.6 Å². The Balaban J connectivity index is 1.69. The molecule has 6 N–H and O–H groups in total. The van der Waals surface area contributed by atoms with Gasteiger partial charge in [-0.15, -0.1) is 0 Å². The molecule has 3 amide bonds. The zero-order valence-electron chi connectivity index (χ0n) is 22.8. The zero-order valence-corrected chi connectivity index (χ0v) is 22.8. The Hall–Kier alpha value is -4.79. The van der Waals surface area contributed by atoms with Gasteiger partial charge >= 0.3 is 0 Å². The summed E-state index contributed by atoms with van der Waals surface area (Å²) in [5.74, 6) is -1.59. The number of aliphatic hydroxyl groups excluding tert-OH is 1. The highest BCUT2D eigenvalue weighted by atomic mass is 16.3. The summed E-state index contributed by atoms with van der Waals surface area (Å²) in [6.45, 7) is 1.37. The molecule has 0 unspecified atom stereocenters. The fourth-order valence-electron chi connectivity index (χ4n) is 4.66. The third-order valence-corrected chi connectivity index (χ3v) is 6.79. The number of nitrogens with one attached hydrogen (secondary N) is 3. The monoisotopic (exact) mass is 550 g/mol. The van der Waals surface area contributed by atoms with Crippen LogP contribution in [0.1, 0.15) is 35.6 Å². The first-order chi connectivity index (χ1) is 19.8. The van der Waals surface area contributed by atoms with Crippen LogP contribution in [0.15, 0.2) is 115 Å². The molecule has 41 heavy (non-hydrogen) atoms. The molecule has 8 nitrogen and oxygen atoms in total. The molecule has 210 valence electrons. The Bertz CT molecular complexity index is 1350. The van der Waals surface area contributed by atoms with Crippen LogP contribution in [0, 0.1) is 0 Å². The van der Waals surface area contributed by atoms with E-state index >= 15 is 0 Å². The van der Waals surface area contributed by atoms with Crippen molar-refractivity contribution in [3.8, 4) is 0 Å². The van der Waals surface area contributed by atoms with Gasteiger partial charge in [0.2, 0.25) is 17.7 Å². The van der Waals surface area contributed by atoms with Crippen LogP contribution >= 0.6 is 0 Å². The second-order valence-corrected chi connectivity index (χ2v) is 9.79. The van der Waals surface area contributed by atoms with Gasteiger partial charge in [-0.05, 0) is 41.3 Å².